The molecule has 1 heterocycles. The number of pyridine rings is 1. The smallest absolute Gasteiger partial charge is 0.339 e. The van der Waals surface area contributed by atoms with Gasteiger partial charge in [-0.1, -0.05) is 29.3 Å². The van der Waals surface area contributed by atoms with Crippen LogP contribution < -0.4 is 4.74 Å². The minimum absolute atomic E-state index is 0.303. The lowest BCUT2D eigenvalue weighted by molar-refractivity contribution is 0.0600. The van der Waals surface area contributed by atoms with Crippen LogP contribution in [0.1, 0.15) is 10.4 Å². The molecule has 98 valence electrons. The summed E-state index contributed by atoms with van der Waals surface area (Å²) in [5, 5.41) is 0.702. The molecule has 0 aliphatic rings. The highest BCUT2D eigenvalue weighted by Crippen LogP contribution is 2.33. The lowest BCUT2D eigenvalue weighted by Gasteiger charge is -2.07. The fourth-order valence-corrected chi connectivity index (χ4v) is 1.69. The summed E-state index contributed by atoms with van der Waals surface area (Å²) in [7, 11) is 1.30. The van der Waals surface area contributed by atoms with E-state index in [2.05, 4.69) is 9.72 Å². The molecule has 0 bridgehead atoms. The van der Waals surface area contributed by atoms with Crippen LogP contribution in [0, 0.1) is 0 Å². The van der Waals surface area contributed by atoms with Gasteiger partial charge in [-0.2, -0.15) is 0 Å². The van der Waals surface area contributed by atoms with Crippen molar-refractivity contribution in [2.45, 2.75) is 0 Å². The molecule has 0 amide bonds. The molecular formula is C13H9Cl2NO3. The maximum atomic E-state index is 11.2. The maximum absolute atomic E-state index is 11.2. The predicted molar refractivity (Wildman–Crippen MR) is 72.1 cm³/mol. The van der Waals surface area contributed by atoms with Crippen LogP contribution >= 0.6 is 23.2 Å². The molecule has 2 aromatic rings. The van der Waals surface area contributed by atoms with E-state index in [1.54, 1.807) is 30.3 Å². The number of benzene rings is 1. The Morgan fingerprint density at radius 1 is 1.21 bits per heavy atom. The molecule has 0 aliphatic carbocycles. The molecule has 0 unspecified atom stereocenters. The van der Waals surface area contributed by atoms with E-state index in [9.17, 15) is 4.79 Å². The fourth-order valence-electron chi connectivity index (χ4n) is 1.35. The van der Waals surface area contributed by atoms with Crippen molar-refractivity contribution in [1.29, 1.82) is 0 Å². The molecule has 0 aliphatic heterocycles. The summed E-state index contributed by atoms with van der Waals surface area (Å²) in [5.41, 5.74) is 0.340. The van der Waals surface area contributed by atoms with Crippen LogP contribution in [0.3, 0.4) is 0 Å². The summed E-state index contributed by atoms with van der Waals surface area (Å²) >= 11 is 11.9. The number of aromatic nitrogens is 1. The van der Waals surface area contributed by atoms with E-state index in [1.807, 2.05) is 0 Å². The number of ether oxygens (including phenoxy) is 2. The highest BCUT2D eigenvalue weighted by Gasteiger charge is 2.09. The molecule has 0 N–H and O–H groups in total. The van der Waals surface area contributed by atoms with Gasteiger partial charge in [0.15, 0.2) is 0 Å². The highest BCUT2D eigenvalue weighted by atomic mass is 35.5. The minimum Gasteiger partial charge on any atom is -0.465 e. The number of carbonyl (C=O) groups is 1. The van der Waals surface area contributed by atoms with Gasteiger partial charge in [-0.25, -0.2) is 9.78 Å². The first-order chi connectivity index (χ1) is 9.11. The maximum Gasteiger partial charge on any atom is 0.339 e. The Bertz CT molecular complexity index is 599. The van der Waals surface area contributed by atoms with Crippen LogP contribution in [-0.4, -0.2) is 18.1 Å². The number of halogens is 2. The van der Waals surface area contributed by atoms with E-state index >= 15 is 0 Å². The quantitative estimate of drug-likeness (QED) is 0.804. The van der Waals surface area contributed by atoms with Gasteiger partial charge >= 0.3 is 5.97 Å². The first-order valence-corrected chi connectivity index (χ1v) is 6.03. The molecule has 0 spiro atoms. The summed E-state index contributed by atoms with van der Waals surface area (Å²) in [6.07, 6.45) is 1.36. The number of methoxy groups -OCH3 is 1. The lowest BCUT2D eigenvalue weighted by Crippen LogP contribution is -2.01. The van der Waals surface area contributed by atoms with Crippen LogP contribution in [0.4, 0.5) is 0 Å². The zero-order valence-electron chi connectivity index (χ0n) is 9.89. The summed E-state index contributed by atoms with van der Waals surface area (Å²) < 4.78 is 10.0. The van der Waals surface area contributed by atoms with Crippen molar-refractivity contribution in [3.05, 3.63) is 52.1 Å². The molecular weight excluding hydrogens is 289 g/mol. The third kappa shape index (κ3) is 3.16. The molecule has 0 saturated heterocycles. The first kappa shape index (κ1) is 13.6. The molecule has 4 nitrogen and oxygen atoms in total. The minimum atomic E-state index is -0.458. The Kier molecular flexibility index (Phi) is 4.24. The van der Waals surface area contributed by atoms with Crippen molar-refractivity contribution in [2.75, 3.05) is 7.11 Å². The number of rotatable bonds is 3. The SMILES string of the molecule is COC(=O)c1ccc(Oc2cccc(Cl)c2Cl)nc1. The summed E-state index contributed by atoms with van der Waals surface area (Å²) in [4.78, 5) is 15.2. The van der Waals surface area contributed by atoms with Crippen LogP contribution in [0.5, 0.6) is 11.6 Å². The Labute approximate surface area is 119 Å². The molecule has 0 fully saturated rings. The van der Waals surface area contributed by atoms with E-state index in [-0.39, 0.29) is 0 Å². The second-order valence-electron chi connectivity index (χ2n) is 3.53. The van der Waals surface area contributed by atoms with Crippen molar-refractivity contribution >= 4 is 29.2 Å². The summed E-state index contributed by atoms with van der Waals surface area (Å²) in [6, 6.07) is 8.14. The van der Waals surface area contributed by atoms with Gasteiger partial charge in [0.25, 0.3) is 0 Å². The van der Waals surface area contributed by atoms with Gasteiger partial charge in [0.1, 0.15) is 10.8 Å². The molecule has 6 heteroatoms. The Morgan fingerprint density at radius 3 is 2.63 bits per heavy atom. The predicted octanol–water partition coefficient (Wildman–Crippen LogP) is 3.97. The topological polar surface area (TPSA) is 48.4 Å². The summed E-state index contributed by atoms with van der Waals surface area (Å²) in [6.45, 7) is 0. The Hall–Kier alpha value is -1.78. The number of carbonyl (C=O) groups excluding carboxylic acids is 1. The van der Waals surface area contributed by atoms with Crippen LogP contribution in [0.25, 0.3) is 0 Å². The monoisotopic (exact) mass is 297 g/mol. The van der Waals surface area contributed by atoms with Crippen molar-refractivity contribution in [3.63, 3.8) is 0 Å². The van der Waals surface area contributed by atoms with Crippen LogP contribution in [0.2, 0.25) is 10.0 Å². The molecule has 0 radical (unpaired) electrons. The number of nitrogens with zero attached hydrogens (tertiary/aromatic N) is 1. The van der Waals surface area contributed by atoms with Crippen molar-refractivity contribution in [2.24, 2.45) is 0 Å². The molecule has 2 rings (SSSR count). The molecule has 0 atom stereocenters. The van der Waals surface area contributed by atoms with Gasteiger partial charge in [0.05, 0.1) is 17.7 Å². The van der Waals surface area contributed by atoms with E-state index in [0.717, 1.165) is 0 Å². The van der Waals surface area contributed by atoms with E-state index in [1.165, 1.54) is 13.3 Å². The van der Waals surface area contributed by atoms with Crippen molar-refractivity contribution in [3.8, 4) is 11.6 Å². The molecule has 1 aromatic heterocycles. The van der Waals surface area contributed by atoms with E-state index in [4.69, 9.17) is 27.9 Å². The van der Waals surface area contributed by atoms with Gasteiger partial charge in [-0.3, -0.25) is 0 Å². The third-order valence-electron chi connectivity index (χ3n) is 2.29. The van der Waals surface area contributed by atoms with Crippen molar-refractivity contribution < 1.29 is 14.3 Å². The van der Waals surface area contributed by atoms with Gasteiger partial charge in [-0.15, -0.1) is 0 Å². The lowest BCUT2D eigenvalue weighted by atomic mass is 10.3. The standard InChI is InChI=1S/C13H9Cl2NO3/c1-18-13(17)8-5-6-11(16-7-8)19-10-4-2-3-9(14)12(10)15/h2-7H,1H3. The Morgan fingerprint density at radius 2 is 2.00 bits per heavy atom. The van der Waals surface area contributed by atoms with Gasteiger partial charge in [0, 0.05) is 12.3 Å². The number of hydrogen-bond donors (Lipinski definition) is 0. The molecule has 0 saturated carbocycles. The second-order valence-corrected chi connectivity index (χ2v) is 4.32. The first-order valence-electron chi connectivity index (χ1n) is 5.28. The fraction of sp³-hybridized carbons (Fsp3) is 0.0769. The average Bonchev–Trinajstić information content (AvgIpc) is 2.44. The molecule has 19 heavy (non-hydrogen) atoms. The van der Waals surface area contributed by atoms with E-state index in [0.29, 0.717) is 27.2 Å². The molecule has 1 aromatic carbocycles. The normalized spacial score (nSPS) is 10.1. The van der Waals surface area contributed by atoms with Gasteiger partial charge in [0.2, 0.25) is 5.88 Å². The van der Waals surface area contributed by atoms with Gasteiger partial charge < -0.3 is 9.47 Å². The Balaban J connectivity index is 2.20. The zero-order chi connectivity index (χ0) is 13.8. The van der Waals surface area contributed by atoms with Crippen LogP contribution in [-0.2, 0) is 4.74 Å². The highest BCUT2D eigenvalue weighted by molar-refractivity contribution is 6.42. The number of esters is 1. The average molecular weight is 298 g/mol. The van der Waals surface area contributed by atoms with Gasteiger partial charge in [-0.05, 0) is 18.2 Å². The third-order valence-corrected chi connectivity index (χ3v) is 3.09. The van der Waals surface area contributed by atoms with Crippen molar-refractivity contribution in [1.82, 2.24) is 4.98 Å². The zero-order valence-corrected chi connectivity index (χ0v) is 11.4. The summed E-state index contributed by atoms with van der Waals surface area (Å²) in [5.74, 6) is 0.240. The van der Waals surface area contributed by atoms with E-state index < -0.39 is 5.97 Å². The second kappa shape index (κ2) is 5.91. The largest absolute Gasteiger partial charge is 0.465 e. The van der Waals surface area contributed by atoms with Crippen LogP contribution in [0.15, 0.2) is 36.5 Å². The number of hydrogen-bond acceptors (Lipinski definition) is 4.